The van der Waals surface area contributed by atoms with Gasteiger partial charge in [-0.05, 0) is 77.9 Å². The number of benzene rings is 4. The second kappa shape index (κ2) is 14.4. The first-order chi connectivity index (χ1) is 21.0. The van der Waals surface area contributed by atoms with E-state index in [1.54, 1.807) is 38.6 Å². The second-order valence-electron chi connectivity index (χ2n) is 9.11. The Morgan fingerprint density at radius 3 is 2.42 bits per heavy atom. The Morgan fingerprint density at radius 2 is 1.70 bits per heavy atom. The average Bonchev–Trinajstić information content (AvgIpc) is 3.48. The topological polar surface area (TPSA) is 99.9 Å². The standard InChI is InChI=1S/C32H28ClN5O4S/c1-40-27-15-9-24(10-16-27)31-36-37-32(38(31)26-13-11-25(33)12-14-26)43-21-30(39)35-34-19-23-8-17-28(29(18-23)41-2)42-20-22-6-4-3-5-7-22/h3-19H,20-21H2,1-2H3,(H,35,39)/b34-19-. The van der Waals surface area contributed by atoms with Crippen molar-refractivity contribution in [2.75, 3.05) is 20.0 Å². The zero-order chi connectivity index (χ0) is 30.0. The van der Waals surface area contributed by atoms with E-state index in [0.29, 0.717) is 34.1 Å². The summed E-state index contributed by atoms with van der Waals surface area (Å²) >= 11 is 7.37. The van der Waals surface area contributed by atoms with Crippen molar-refractivity contribution in [3.05, 3.63) is 113 Å². The highest BCUT2D eigenvalue weighted by atomic mass is 35.5. The van der Waals surface area contributed by atoms with Gasteiger partial charge in [-0.25, -0.2) is 5.43 Å². The molecule has 4 aromatic carbocycles. The van der Waals surface area contributed by atoms with Crippen molar-refractivity contribution >= 4 is 35.5 Å². The van der Waals surface area contributed by atoms with E-state index in [1.807, 2.05) is 83.4 Å². The number of carbonyl (C=O) groups excluding carboxylic acids is 1. The van der Waals surface area contributed by atoms with Gasteiger partial charge in [0, 0.05) is 16.3 Å². The largest absolute Gasteiger partial charge is 0.497 e. The number of carbonyl (C=O) groups is 1. The highest BCUT2D eigenvalue weighted by Gasteiger charge is 2.17. The van der Waals surface area contributed by atoms with Crippen LogP contribution in [0, 0.1) is 0 Å². The van der Waals surface area contributed by atoms with Crippen molar-refractivity contribution in [3.8, 4) is 34.3 Å². The van der Waals surface area contributed by atoms with E-state index >= 15 is 0 Å². The molecule has 0 bridgehead atoms. The normalized spacial score (nSPS) is 11.0. The van der Waals surface area contributed by atoms with Gasteiger partial charge in [0.25, 0.3) is 5.91 Å². The van der Waals surface area contributed by atoms with Crippen LogP contribution in [0.3, 0.4) is 0 Å². The van der Waals surface area contributed by atoms with Crippen molar-refractivity contribution in [3.63, 3.8) is 0 Å². The lowest BCUT2D eigenvalue weighted by molar-refractivity contribution is -0.118. The highest BCUT2D eigenvalue weighted by molar-refractivity contribution is 7.99. The van der Waals surface area contributed by atoms with Crippen molar-refractivity contribution in [2.24, 2.45) is 5.10 Å². The zero-order valence-electron chi connectivity index (χ0n) is 23.4. The third-order valence-electron chi connectivity index (χ3n) is 6.23. The predicted octanol–water partition coefficient (Wildman–Crippen LogP) is 6.43. The minimum atomic E-state index is -0.298. The molecular weight excluding hydrogens is 586 g/mol. The van der Waals surface area contributed by atoms with E-state index in [0.717, 1.165) is 28.1 Å². The fraction of sp³-hybridized carbons (Fsp3) is 0.125. The molecule has 0 radical (unpaired) electrons. The van der Waals surface area contributed by atoms with Crippen LogP contribution in [0.25, 0.3) is 17.1 Å². The van der Waals surface area contributed by atoms with Gasteiger partial charge in [-0.15, -0.1) is 10.2 Å². The maximum atomic E-state index is 12.7. The number of aromatic nitrogens is 3. The van der Waals surface area contributed by atoms with Crippen LogP contribution in [0.4, 0.5) is 0 Å². The van der Waals surface area contributed by atoms with Crippen LogP contribution in [0.5, 0.6) is 17.2 Å². The molecule has 11 heteroatoms. The van der Waals surface area contributed by atoms with Gasteiger partial charge < -0.3 is 14.2 Å². The van der Waals surface area contributed by atoms with Gasteiger partial charge in [-0.1, -0.05) is 53.7 Å². The van der Waals surface area contributed by atoms with Gasteiger partial charge in [0.15, 0.2) is 22.5 Å². The predicted molar refractivity (Wildman–Crippen MR) is 169 cm³/mol. The molecule has 0 saturated carbocycles. The number of nitrogens with one attached hydrogen (secondary N) is 1. The number of amides is 1. The Balaban J connectivity index is 1.23. The number of ether oxygens (including phenoxy) is 3. The summed E-state index contributed by atoms with van der Waals surface area (Å²) in [6.07, 6.45) is 1.55. The molecule has 0 fully saturated rings. The molecule has 1 aromatic heterocycles. The second-order valence-corrected chi connectivity index (χ2v) is 10.5. The molecule has 1 amide bonds. The fourth-order valence-electron chi connectivity index (χ4n) is 4.07. The van der Waals surface area contributed by atoms with E-state index in [2.05, 4.69) is 20.7 Å². The average molecular weight is 614 g/mol. The first kappa shape index (κ1) is 29.7. The van der Waals surface area contributed by atoms with Crippen molar-refractivity contribution < 1.29 is 19.0 Å². The zero-order valence-corrected chi connectivity index (χ0v) is 25.0. The summed E-state index contributed by atoms with van der Waals surface area (Å²) in [7, 11) is 3.19. The quantitative estimate of drug-likeness (QED) is 0.0984. The first-order valence-electron chi connectivity index (χ1n) is 13.2. The molecule has 1 N–H and O–H groups in total. The number of hydrogen-bond acceptors (Lipinski definition) is 8. The Kier molecular flexibility index (Phi) is 9.94. The van der Waals surface area contributed by atoms with Crippen LogP contribution >= 0.6 is 23.4 Å². The monoisotopic (exact) mass is 613 g/mol. The SMILES string of the molecule is COc1ccc(-c2nnc(SCC(=O)N/N=C\c3ccc(OCc4ccccc4)c(OC)c3)n2-c2ccc(Cl)cc2)cc1. The summed E-state index contributed by atoms with van der Waals surface area (Å²) in [5.74, 6) is 2.31. The molecule has 218 valence electrons. The lowest BCUT2D eigenvalue weighted by atomic mass is 10.2. The summed E-state index contributed by atoms with van der Waals surface area (Å²) in [6.45, 7) is 0.422. The Morgan fingerprint density at radius 1 is 0.930 bits per heavy atom. The Labute approximate surface area is 258 Å². The molecule has 5 rings (SSSR count). The van der Waals surface area contributed by atoms with E-state index in [4.69, 9.17) is 25.8 Å². The number of rotatable bonds is 12. The molecule has 5 aromatic rings. The van der Waals surface area contributed by atoms with Gasteiger partial charge in [-0.2, -0.15) is 5.10 Å². The molecule has 0 unspecified atom stereocenters. The smallest absolute Gasteiger partial charge is 0.250 e. The van der Waals surface area contributed by atoms with Crippen molar-refractivity contribution in [1.82, 2.24) is 20.2 Å². The summed E-state index contributed by atoms with van der Waals surface area (Å²) in [6, 6.07) is 30.2. The van der Waals surface area contributed by atoms with Gasteiger partial charge in [-0.3, -0.25) is 9.36 Å². The van der Waals surface area contributed by atoms with Gasteiger partial charge in [0.1, 0.15) is 12.4 Å². The van der Waals surface area contributed by atoms with Gasteiger partial charge in [0.2, 0.25) is 0 Å². The molecule has 0 spiro atoms. The minimum Gasteiger partial charge on any atom is -0.497 e. The van der Waals surface area contributed by atoms with E-state index in [9.17, 15) is 4.79 Å². The molecule has 0 aliphatic rings. The van der Waals surface area contributed by atoms with Crippen LogP contribution in [-0.2, 0) is 11.4 Å². The van der Waals surface area contributed by atoms with Crippen molar-refractivity contribution in [1.29, 1.82) is 0 Å². The fourth-order valence-corrected chi connectivity index (χ4v) is 4.94. The number of halogens is 1. The third-order valence-corrected chi connectivity index (χ3v) is 7.41. The molecule has 43 heavy (non-hydrogen) atoms. The third kappa shape index (κ3) is 7.73. The molecule has 0 aliphatic heterocycles. The van der Waals surface area contributed by atoms with Crippen LogP contribution in [0.1, 0.15) is 11.1 Å². The van der Waals surface area contributed by atoms with Crippen LogP contribution < -0.4 is 19.6 Å². The number of nitrogens with zero attached hydrogens (tertiary/aromatic N) is 4. The summed E-state index contributed by atoms with van der Waals surface area (Å²) in [4.78, 5) is 12.7. The summed E-state index contributed by atoms with van der Waals surface area (Å²) in [5, 5.41) is 14.0. The van der Waals surface area contributed by atoms with Crippen LogP contribution in [0.15, 0.2) is 107 Å². The minimum absolute atomic E-state index is 0.0707. The molecule has 0 atom stereocenters. The molecule has 1 heterocycles. The lowest BCUT2D eigenvalue weighted by Crippen LogP contribution is -2.20. The Hall–Kier alpha value is -4.80. The maximum absolute atomic E-state index is 12.7. The van der Waals surface area contributed by atoms with Gasteiger partial charge in [0.05, 0.1) is 26.2 Å². The number of methoxy groups -OCH3 is 2. The summed E-state index contributed by atoms with van der Waals surface area (Å²) < 4.78 is 18.5. The molecule has 0 aliphatic carbocycles. The van der Waals surface area contributed by atoms with Crippen LogP contribution in [0.2, 0.25) is 5.02 Å². The highest BCUT2D eigenvalue weighted by Crippen LogP contribution is 2.30. The van der Waals surface area contributed by atoms with E-state index in [1.165, 1.54) is 11.8 Å². The molecule has 0 saturated heterocycles. The number of thioether (sulfide) groups is 1. The van der Waals surface area contributed by atoms with Crippen LogP contribution in [-0.4, -0.2) is 46.9 Å². The van der Waals surface area contributed by atoms with Gasteiger partial charge >= 0.3 is 0 Å². The number of hydrogen-bond donors (Lipinski definition) is 1. The Bertz CT molecular complexity index is 1690. The first-order valence-corrected chi connectivity index (χ1v) is 14.6. The maximum Gasteiger partial charge on any atom is 0.250 e. The number of hydrazone groups is 1. The molecule has 9 nitrogen and oxygen atoms in total. The van der Waals surface area contributed by atoms with E-state index in [-0.39, 0.29) is 11.7 Å². The van der Waals surface area contributed by atoms with Crippen molar-refractivity contribution in [2.45, 2.75) is 11.8 Å². The van der Waals surface area contributed by atoms with E-state index < -0.39 is 0 Å². The lowest BCUT2D eigenvalue weighted by Gasteiger charge is -2.11. The summed E-state index contributed by atoms with van der Waals surface area (Å²) in [5.41, 5.74) is 6.02. The molecular formula is C32H28ClN5O4S.